The Morgan fingerprint density at radius 1 is 1.06 bits per heavy atom. The molecule has 0 saturated carbocycles. The average Bonchev–Trinajstić information content (AvgIpc) is 2.41. The van der Waals surface area contributed by atoms with Crippen molar-refractivity contribution in [1.82, 2.24) is 16.0 Å². The third-order valence-electron chi connectivity index (χ3n) is 3.53. The Balaban J connectivity index is 3.89. The van der Waals surface area contributed by atoms with Crippen molar-refractivity contribution < 1.29 is 0 Å². The Bertz CT molecular complexity index is 206. The van der Waals surface area contributed by atoms with E-state index in [9.17, 15) is 0 Å². The number of unbranched alkanes of at least 4 members (excludes halogenated alkanes) is 3. The van der Waals surface area contributed by atoms with Crippen molar-refractivity contribution in [3.63, 3.8) is 0 Å². The highest BCUT2D eigenvalue weighted by Crippen LogP contribution is 2.11. The molecule has 0 aromatic heterocycles. The van der Waals surface area contributed by atoms with Crippen LogP contribution in [-0.2, 0) is 0 Å². The summed E-state index contributed by atoms with van der Waals surface area (Å²) in [4.78, 5) is 0. The van der Waals surface area contributed by atoms with Crippen LogP contribution in [0.4, 0.5) is 0 Å². The van der Waals surface area contributed by atoms with Gasteiger partial charge >= 0.3 is 0 Å². The van der Waals surface area contributed by atoms with Crippen molar-refractivity contribution >= 4 is 0 Å². The molecule has 4 nitrogen and oxygen atoms in total. The average molecular weight is 256 g/mol. The van der Waals surface area contributed by atoms with E-state index in [1.807, 2.05) is 21.1 Å². The van der Waals surface area contributed by atoms with Gasteiger partial charge in [0.1, 0.15) is 0 Å². The highest BCUT2D eigenvalue weighted by Gasteiger charge is 2.15. The molecule has 0 aliphatic carbocycles. The predicted molar refractivity (Wildman–Crippen MR) is 80.7 cm³/mol. The maximum Gasteiger partial charge on any atom is 0.0475 e. The van der Waals surface area contributed by atoms with Crippen molar-refractivity contribution in [3.05, 3.63) is 12.3 Å². The minimum absolute atomic E-state index is 0.330. The second-order valence-corrected chi connectivity index (χ2v) is 4.83. The lowest BCUT2D eigenvalue weighted by molar-refractivity contribution is 0.413. The zero-order valence-corrected chi connectivity index (χ0v) is 12.4. The van der Waals surface area contributed by atoms with Gasteiger partial charge in [0.25, 0.3) is 0 Å². The van der Waals surface area contributed by atoms with Crippen molar-refractivity contribution in [2.24, 2.45) is 5.73 Å². The number of hydrogen-bond donors (Lipinski definition) is 4. The Morgan fingerprint density at radius 2 is 1.72 bits per heavy atom. The first kappa shape index (κ1) is 17.4. The second kappa shape index (κ2) is 11.5. The molecule has 0 fully saturated rings. The SMILES string of the molecule is C=C(NC)C(CC(CCCCCCN)NC)NC. The van der Waals surface area contributed by atoms with Gasteiger partial charge in [-0.3, -0.25) is 0 Å². The van der Waals surface area contributed by atoms with Gasteiger partial charge in [0, 0.05) is 24.8 Å². The third kappa shape index (κ3) is 7.69. The quantitative estimate of drug-likeness (QED) is 0.396. The van der Waals surface area contributed by atoms with Gasteiger partial charge in [-0.2, -0.15) is 0 Å². The minimum Gasteiger partial charge on any atom is -0.391 e. The van der Waals surface area contributed by atoms with Crippen LogP contribution in [0.5, 0.6) is 0 Å². The lowest BCUT2D eigenvalue weighted by atomic mass is 9.99. The second-order valence-electron chi connectivity index (χ2n) is 4.83. The van der Waals surface area contributed by atoms with Crippen molar-refractivity contribution in [1.29, 1.82) is 0 Å². The minimum atomic E-state index is 0.330. The highest BCUT2D eigenvalue weighted by atomic mass is 15.0. The molecular weight excluding hydrogens is 224 g/mol. The first-order valence-corrected chi connectivity index (χ1v) is 7.10. The molecule has 5 N–H and O–H groups in total. The van der Waals surface area contributed by atoms with Crippen LogP contribution in [0.15, 0.2) is 12.3 Å². The van der Waals surface area contributed by atoms with E-state index >= 15 is 0 Å². The number of hydrogen-bond acceptors (Lipinski definition) is 4. The van der Waals surface area contributed by atoms with Crippen LogP contribution in [0.1, 0.15) is 38.5 Å². The summed E-state index contributed by atoms with van der Waals surface area (Å²) < 4.78 is 0. The molecule has 0 saturated heterocycles. The molecule has 0 aliphatic rings. The van der Waals surface area contributed by atoms with Crippen LogP contribution in [0.25, 0.3) is 0 Å². The Kier molecular flexibility index (Phi) is 11.1. The summed E-state index contributed by atoms with van der Waals surface area (Å²) in [6.07, 6.45) is 7.26. The smallest absolute Gasteiger partial charge is 0.0475 e. The van der Waals surface area contributed by atoms with Gasteiger partial charge in [0.05, 0.1) is 0 Å². The molecule has 18 heavy (non-hydrogen) atoms. The van der Waals surface area contributed by atoms with Crippen LogP contribution in [-0.4, -0.2) is 39.8 Å². The predicted octanol–water partition coefficient (Wildman–Crippen LogP) is 1.19. The zero-order chi connectivity index (χ0) is 13.8. The molecule has 0 bridgehead atoms. The fourth-order valence-corrected chi connectivity index (χ4v) is 2.16. The molecule has 0 radical (unpaired) electrons. The Labute approximate surface area is 113 Å². The summed E-state index contributed by atoms with van der Waals surface area (Å²) in [5.74, 6) is 0. The standard InChI is InChI=1S/C14H32N4/c1-12(16-2)14(18-4)11-13(17-3)9-7-5-6-8-10-15/h13-14,16-18H,1,5-11,15H2,2-4H3. The molecule has 0 aromatic rings. The van der Waals surface area contributed by atoms with Gasteiger partial charge < -0.3 is 21.7 Å². The molecular formula is C14H32N4. The third-order valence-corrected chi connectivity index (χ3v) is 3.53. The van der Waals surface area contributed by atoms with E-state index in [0.29, 0.717) is 12.1 Å². The van der Waals surface area contributed by atoms with E-state index in [4.69, 9.17) is 5.73 Å². The van der Waals surface area contributed by atoms with E-state index in [1.165, 1.54) is 25.7 Å². The molecule has 0 heterocycles. The number of rotatable bonds is 12. The van der Waals surface area contributed by atoms with Gasteiger partial charge in [0.2, 0.25) is 0 Å². The highest BCUT2D eigenvalue weighted by molar-refractivity contribution is 5.03. The van der Waals surface area contributed by atoms with Crippen LogP contribution in [0, 0.1) is 0 Å². The van der Waals surface area contributed by atoms with Gasteiger partial charge in [-0.1, -0.05) is 25.8 Å². The van der Waals surface area contributed by atoms with Crippen molar-refractivity contribution in [2.45, 2.75) is 50.6 Å². The molecule has 0 spiro atoms. The Morgan fingerprint density at radius 3 is 2.22 bits per heavy atom. The van der Waals surface area contributed by atoms with Gasteiger partial charge in [0.15, 0.2) is 0 Å². The van der Waals surface area contributed by atoms with Crippen molar-refractivity contribution in [2.75, 3.05) is 27.7 Å². The molecule has 4 heteroatoms. The summed E-state index contributed by atoms with van der Waals surface area (Å²) in [5.41, 5.74) is 6.55. The van der Waals surface area contributed by atoms with E-state index in [-0.39, 0.29) is 0 Å². The van der Waals surface area contributed by atoms with Gasteiger partial charge in [-0.05, 0) is 39.9 Å². The molecule has 0 amide bonds. The normalized spacial score (nSPS) is 14.2. The number of nitrogens with two attached hydrogens (primary N) is 1. The summed E-state index contributed by atoms with van der Waals surface area (Å²) in [5, 5.41) is 9.84. The first-order chi connectivity index (χ1) is 8.69. The molecule has 108 valence electrons. The van der Waals surface area contributed by atoms with Crippen LogP contribution in [0.3, 0.4) is 0 Å². The van der Waals surface area contributed by atoms with Gasteiger partial charge in [-0.25, -0.2) is 0 Å². The lowest BCUT2D eigenvalue weighted by Crippen LogP contribution is -2.39. The van der Waals surface area contributed by atoms with Gasteiger partial charge in [-0.15, -0.1) is 0 Å². The van der Waals surface area contributed by atoms with Crippen molar-refractivity contribution in [3.8, 4) is 0 Å². The maximum absolute atomic E-state index is 5.49. The fourth-order valence-electron chi connectivity index (χ4n) is 2.16. The fraction of sp³-hybridized carbons (Fsp3) is 0.857. The number of likely N-dealkylation sites (N-methyl/N-ethyl adjacent to an activating group) is 2. The lowest BCUT2D eigenvalue weighted by Gasteiger charge is -2.24. The maximum atomic E-state index is 5.49. The first-order valence-electron chi connectivity index (χ1n) is 7.10. The Hall–Kier alpha value is -0.580. The largest absolute Gasteiger partial charge is 0.391 e. The van der Waals surface area contributed by atoms with E-state index in [2.05, 4.69) is 22.5 Å². The number of nitrogens with one attached hydrogen (secondary N) is 3. The molecule has 2 atom stereocenters. The monoisotopic (exact) mass is 256 g/mol. The topological polar surface area (TPSA) is 62.1 Å². The summed E-state index contributed by atoms with van der Waals surface area (Å²) in [6.45, 7) is 4.86. The van der Waals surface area contributed by atoms with Crippen LogP contribution in [0.2, 0.25) is 0 Å². The molecule has 0 aromatic carbocycles. The summed E-state index contributed by atoms with van der Waals surface area (Å²) in [6, 6.07) is 0.877. The van der Waals surface area contributed by atoms with E-state index < -0.39 is 0 Å². The molecule has 0 rings (SSSR count). The molecule has 0 aliphatic heterocycles. The zero-order valence-electron chi connectivity index (χ0n) is 12.4. The van der Waals surface area contributed by atoms with Crippen LogP contribution >= 0.6 is 0 Å². The summed E-state index contributed by atoms with van der Waals surface area (Å²) >= 11 is 0. The van der Waals surface area contributed by atoms with E-state index in [1.54, 1.807) is 0 Å². The van der Waals surface area contributed by atoms with E-state index in [0.717, 1.165) is 25.1 Å². The molecule has 2 unspecified atom stereocenters. The summed E-state index contributed by atoms with van der Waals surface area (Å²) in [7, 11) is 5.95. The van der Waals surface area contributed by atoms with Crippen LogP contribution < -0.4 is 21.7 Å².